The zero-order valence-electron chi connectivity index (χ0n) is 9.57. The summed E-state index contributed by atoms with van der Waals surface area (Å²) in [6.07, 6.45) is 0. The van der Waals surface area contributed by atoms with Crippen LogP contribution in [0.15, 0.2) is 0 Å². The largest absolute Gasteiger partial charge is 0.368 e. The molecule has 0 fully saturated rings. The first-order valence-electron chi connectivity index (χ1n) is 4.63. The molecule has 2 aromatic heterocycles. The molecule has 11 nitrogen and oxygen atoms in total. The van der Waals surface area contributed by atoms with Crippen LogP contribution in [-0.2, 0) is 0 Å². The number of rotatable bonds is 0. The third kappa shape index (κ3) is 4.26. The van der Waals surface area contributed by atoms with E-state index in [0.717, 1.165) is 0 Å². The summed E-state index contributed by atoms with van der Waals surface area (Å²) in [6, 6.07) is 0. The highest BCUT2D eigenvalue weighted by molar-refractivity contribution is 5.33. The molecule has 10 N–H and O–H groups in total. The van der Waals surface area contributed by atoms with E-state index >= 15 is 0 Å². The average Bonchev–Trinajstić information content (AvgIpc) is 2.12. The van der Waals surface area contributed by atoms with Gasteiger partial charge in [0.15, 0.2) is 0 Å². The zero-order chi connectivity index (χ0) is 13.7. The van der Waals surface area contributed by atoms with Crippen molar-refractivity contribution in [1.29, 1.82) is 0 Å². The molecule has 0 saturated carbocycles. The summed E-state index contributed by atoms with van der Waals surface area (Å²) in [5, 5.41) is 0. The smallest absolute Gasteiger partial charge is 0.226 e. The Morgan fingerprint density at radius 3 is 0.944 bits per heavy atom. The lowest BCUT2D eigenvalue weighted by atomic mass is 10.7. The highest BCUT2D eigenvalue weighted by atomic mass is 15.2. The Bertz CT molecular complexity index is 388. The van der Waals surface area contributed by atoms with Crippen LogP contribution in [0.25, 0.3) is 0 Å². The molecule has 2 rings (SSSR count). The molecule has 0 aromatic carbocycles. The van der Waals surface area contributed by atoms with Crippen LogP contribution in [0.4, 0.5) is 29.7 Å². The molecule has 0 atom stereocenters. The first kappa shape index (κ1) is 13.1. The van der Waals surface area contributed by atoms with Crippen LogP contribution in [-0.4, -0.2) is 29.9 Å². The number of nitrogens with zero attached hydrogens (tertiary/aromatic N) is 6. The van der Waals surface area contributed by atoms with Crippen LogP contribution in [0.3, 0.4) is 0 Å². The predicted molar refractivity (Wildman–Crippen MR) is 66.5 cm³/mol. The molecule has 0 aliphatic carbocycles. The molecular weight excluding hydrogens is 238 g/mol. The van der Waals surface area contributed by atoms with Gasteiger partial charge in [-0.1, -0.05) is 0 Å². The van der Waals surface area contributed by atoms with Gasteiger partial charge >= 0.3 is 0 Å². The molecule has 0 aliphatic heterocycles. The molecule has 0 bridgehead atoms. The summed E-state index contributed by atoms with van der Waals surface area (Å²) in [4.78, 5) is 21.5. The van der Waals surface area contributed by atoms with Crippen molar-refractivity contribution >= 4 is 29.7 Å². The maximum absolute atomic E-state index is 5.22. The Kier molecular flexibility index (Phi) is 3.91. The number of aromatic nitrogens is 6. The molecule has 0 spiro atoms. The lowest BCUT2D eigenvalue weighted by Crippen LogP contribution is -2.05. The lowest BCUT2D eigenvalue weighted by molar-refractivity contribution is 1.00. The van der Waals surface area contributed by atoms with Crippen LogP contribution < -0.4 is 28.7 Å². The molecule has 2 heterocycles. The average molecular weight is 251 g/mol. The van der Waals surface area contributed by atoms with Gasteiger partial charge in [0.25, 0.3) is 0 Å². The third-order valence-electron chi connectivity index (χ3n) is 1.47. The van der Waals surface area contributed by atoms with Gasteiger partial charge in [-0.3, -0.25) is 0 Å². The molecule has 96 valence electrons. The van der Waals surface area contributed by atoms with Crippen LogP contribution >= 0.6 is 0 Å². The minimum Gasteiger partial charge on any atom is -0.368 e. The van der Waals surface area contributed by atoms with E-state index in [2.05, 4.69) is 29.9 Å². The zero-order valence-corrected chi connectivity index (χ0v) is 9.57. The summed E-state index contributed by atoms with van der Waals surface area (Å²) in [5.74, 6) is 1.00. The van der Waals surface area contributed by atoms with Crippen LogP contribution in [0, 0.1) is 6.92 Å². The summed E-state index contributed by atoms with van der Waals surface area (Å²) >= 11 is 0. The van der Waals surface area contributed by atoms with Crippen LogP contribution in [0.2, 0.25) is 0 Å². The Hall–Kier alpha value is -2.98. The molecular formula is C7H13N11. The van der Waals surface area contributed by atoms with Gasteiger partial charge in [0.05, 0.1) is 0 Å². The van der Waals surface area contributed by atoms with Crippen molar-refractivity contribution in [3.8, 4) is 0 Å². The standard InChI is InChI=1S/C4H7N5.C3H6N6/c1-2-7-3(5)9-4(6)8-2;4-1-7-2(5)9-3(6)8-1/h1H3,(H4,5,6,7,8,9);(H6,4,5,6,7,8,9). The minimum absolute atomic E-state index is 0.0417. The van der Waals surface area contributed by atoms with Crippen LogP contribution in [0.5, 0.6) is 0 Å². The summed E-state index contributed by atoms with van der Waals surface area (Å²) in [7, 11) is 0. The molecule has 0 radical (unpaired) electrons. The highest BCUT2D eigenvalue weighted by Crippen LogP contribution is 1.97. The molecule has 0 saturated heterocycles. The second-order valence-electron chi connectivity index (χ2n) is 3.01. The summed E-state index contributed by atoms with van der Waals surface area (Å²) in [5.41, 5.74) is 25.8. The van der Waals surface area contributed by atoms with E-state index < -0.39 is 0 Å². The van der Waals surface area contributed by atoms with Crippen molar-refractivity contribution in [3.05, 3.63) is 5.82 Å². The number of aryl methyl sites for hydroxylation is 1. The number of hydrogen-bond donors (Lipinski definition) is 5. The van der Waals surface area contributed by atoms with Crippen molar-refractivity contribution in [2.45, 2.75) is 6.92 Å². The fourth-order valence-electron chi connectivity index (χ4n) is 0.951. The normalized spacial score (nSPS) is 9.39. The third-order valence-corrected chi connectivity index (χ3v) is 1.47. The Labute approximate surface area is 102 Å². The molecule has 0 amide bonds. The first-order valence-corrected chi connectivity index (χ1v) is 4.63. The Morgan fingerprint density at radius 1 is 0.500 bits per heavy atom. The van der Waals surface area contributed by atoms with Gasteiger partial charge in [-0.15, -0.1) is 0 Å². The van der Waals surface area contributed by atoms with Gasteiger partial charge in [-0.25, -0.2) is 0 Å². The number of nitrogen functional groups attached to an aromatic ring is 5. The van der Waals surface area contributed by atoms with E-state index in [0.29, 0.717) is 5.82 Å². The fourth-order valence-corrected chi connectivity index (χ4v) is 0.951. The maximum atomic E-state index is 5.22. The molecule has 2 aromatic rings. The maximum Gasteiger partial charge on any atom is 0.226 e. The minimum atomic E-state index is 0.0417. The Morgan fingerprint density at radius 2 is 0.722 bits per heavy atom. The predicted octanol–water partition coefficient (Wildman–Crippen LogP) is -2.04. The van der Waals surface area contributed by atoms with Crippen LogP contribution in [0.1, 0.15) is 5.82 Å². The van der Waals surface area contributed by atoms with Crippen molar-refractivity contribution < 1.29 is 0 Å². The van der Waals surface area contributed by atoms with Gasteiger partial charge in [0.2, 0.25) is 29.7 Å². The first-order chi connectivity index (χ1) is 8.36. The van der Waals surface area contributed by atoms with Gasteiger partial charge < -0.3 is 28.7 Å². The van der Waals surface area contributed by atoms with Crippen molar-refractivity contribution in [2.75, 3.05) is 28.7 Å². The Balaban J connectivity index is 0.000000180. The van der Waals surface area contributed by atoms with E-state index in [1.807, 2.05) is 0 Å². The second kappa shape index (κ2) is 5.38. The summed E-state index contributed by atoms with van der Waals surface area (Å²) in [6.45, 7) is 1.70. The topological polar surface area (TPSA) is 207 Å². The van der Waals surface area contributed by atoms with E-state index in [9.17, 15) is 0 Å². The molecule has 0 aliphatic rings. The number of hydrogen-bond acceptors (Lipinski definition) is 11. The molecule has 18 heavy (non-hydrogen) atoms. The van der Waals surface area contributed by atoms with Crippen molar-refractivity contribution in [3.63, 3.8) is 0 Å². The number of nitrogens with two attached hydrogens (primary N) is 5. The SMILES string of the molecule is Cc1nc(N)nc(N)n1.Nc1nc(N)nc(N)n1. The lowest BCUT2D eigenvalue weighted by Gasteiger charge is -1.93. The van der Waals surface area contributed by atoms with Gasteiger partial charge in [0.1, 0.15) is 5.82 Å². The van der Waals surface area contributed by atoms with Crippen molar-refractivity contribution in [2.24, 2.45) is 0 Å². The van der Waals surface area contributed by atoms with Gasteiger partial charge in [-0.2, -0.15) is 29.9 Å². The van der Waals surface area contributed by atoms with E-state index in [-0.39, 0.29) is 29.7 Å². The number of anilines is 5. The van der Waals surface area contributed by atoms with E-state index in [4.69, 9.17) is 28.7 Å². The monoisotopic (exact) mass is 251 g/mol. The molecule has 0 unspecified atom stereocenters. The van der Waals surface area contributed by atoms with Gasteiger partial charge in [-0.05, 0) is 6.92 Å². The van der Waals surface area contributed by atoms with E-state index in [1.54, 1.807) is 6.92 Å². The van der Waals surface area contributed by atoms with Crippen molar-refractivity contribution in [1.82, 2.24) is 29.9 Å². The quantitative estimate of drug-likeness (QED) is 0.344. The van der Waals surface area contributed by atoms with Gasteiger partial charge in [0, 0.05) is 0 Å². The highest BCUT2D eigenvalue weighted by Gasteiger charge is 1.94. The fraction of sp³-hybridized carbons (Fsp3) is 0.143. The second-order valence-corrected chi connectivity index (χ2v) is 3.01. The summed E-state index contributed by atoms with van der Waals surface area (Å²) < 4.78 is 0. The molecule has 11 heteroatoms. The van der Waals surface area contributed by atoms with E-state index in [1.165, 1.54) is 0 Å².